The second kappa shape index (κ2) is 5.79. The minimum Gasteiger partial charge on any atom is -0.357 e. The summed E-state index contributed by atoms with van der Waals surface area (Å²) in [6.07, 6.45) is 8.70. The maximum atomic E-state index is 12.3. The van der Waals surface area contributed by atoms with Crippen LogP contribution in [0, 0.1) is 5.92 Å². The predicted molar refractivity (Wildman–Crippen MR) is 87.0 cm³/mol. The van der Waals surface area contributed by atoms with Crippen molar-refractivity contribution >= 4 is 22.9 Å². The molecule has 2 aromatic heterocycles. The van der Waals surface area contributed by atoms with Gasteiger partial charge in [0.15, 0.2) is 11.5 Å². The van der Waals surface area contributed by atoms with E-state index in [0.717, 1.165) is 24.4 Å². The van der Waals surface area contributed by atoms with E-state index in [0.29, 0.717) is 29.9 Å². The van der Waals surface area contributed by atoms with E-state index in [2.05, 4.69) is 29.7 Å². The number of anilines is 1. The molecular weight excluding hydrogens is 292 g/mol. The van der Waals surface area contributed by atoms with Gasteiger partial charge in [-0.1, -0.05) is 12.8 Å². The molecule has 1 aliphatic carbocycles. The number of fused-ring (bicyclic) bond motifs is 1. The van der Waals surface area contributed by atoms with Gasteiger partial charge < -0.3 is 14.8 Å². The number of aromatic nitrogens is 4. The smallest absolute Gasteiger partial charge is 0.223 e. The van der Waals surface area contributed by atoms with Crippen LogP contribution in [0.4, 0.5) is 5.82 Å². The van der Waals surface area contributed by atoms with Gasteiger partial charge in [-0.15, -0.1) is 0 Å². The first-order valence-electron chi connectivity index (χ1n) is 8.37. The van der Waals surface area contributed by atoms with Gasteiger partial charge in [-0.2, -0.15) is 0 Å². The Kier molecular flexibility index (Phi) is 3.63. The van der Waals surface area contributed by atoms with Crippen molar-refractivity contribution in [1.29, 1.82) is 0 Å². The Labute approximate surface area is 135 Å². The molecule has 4 rings (SSSR count). The maximum absolute atomic E-state index is 12.3. The Morgan fingerprint density at radius 3 is 2.96 bits per heavy atom. The molecule has 2 fully saturated rings. The third kappa shape index (κ3) is 2.64. The minimum atomic E-state index is 0.324. The van der Waals surface area contributed by atoms with Gasteiger partial charge in [-0.25, -0.2) is 15.0 Å². The number of rotatable bonds is 4. The quantitative estimate of drug-likeness (QED) is 0.927. The van der Waals surface area contributed by atoms with Gasteiger partial charge in [0.1, 0.15) is 11.8 Å². The Morgan fingerprint density at radius 1 is 1.30 bits per heavy atom. The van der Waals surface area contributed by atoms with Crippen LogP contribution in [-0.4, -0.2) is 56.9 Å². The fourth-order valence-electron chi connectivity index (χ4n) is 4.02. The number of imidazole rings is 1. The molecule has 7 nitrogen and oxygen atoms in total. The van der Waals surface area contributed by atoms with Gasteiger partial charge in [-0.3, -0.25) is 4.79 Å². The first-order valence-corrected chi connectivity index (χ1v) is 8.37. The van der Waals surface area contributed by atoms with E-state index in [9.17, 15) is 4.79 Å². The van der Waals surface area contributed by atoms with Crippen molar-refractivity contribution in [3.05, 3.63) is 12.7 Å². The second-order valence-corrected chi connectivity index (χ2v) is 6.73. The average Bonchev–Trinajstić information content (AvgIpc) is 3.26. The van der Waals surface area contributed by atoms with Crippen LogP contribution < -0.4 is 4.90 Å². The number of amides is 1. The van der Waals surface area contributed by atoms with Crippen LogP contribution in [0.25, 0.3) is 11.2 Å². The number of nitrogens with one attached hydrogen (secondary N) is 1. The number of carbonyl (C=O) groups is 1. The van der Waals surface area contributed by atoms with Crippen LogP contribution in [0.15, 0.2) is 12.7 Å². The molecule has 3 heterocycles. The van der Waals surface area contributed by atoms with Crippen molar-refractivity contribution in [2.24, 2.45) is 5.92 Å². The third-order valence-electron chi connectivity index (χ3n) is 5.10. The number of likely N-dealkylation sites (tertiary alicyclic amines) is 1. The monoisotopic (exact) mass is 314 g/mol. The molecule has 1 atom stereocenters. The van der Waals surface area contributed by atoms with Crippen molar-refractivity contribution in [3.8, 4) is 0 Å². The van der Waals surface area contributed by atoms with E-state index >= 15 is 0 Å². The molecule has 2 aliphatic rings. The summed E-state index contributed by atoms with van der Waals surface area (Å²) in [5.41, 5.74) is 1.53. The third-order valence-corrected chi connectivity index (χ3v) is 5.10. The zero-order valence-corrected chi connectivity index (χ0v) is 13.4. The molecule has 7 heteroatoms. The van der Waals surface area contributed by atoms with Gasteiger partial charge in [0.2, 0.25) is 5.91 Å². The molecule has 0 radical (unpaired) electrons. The summed E-state index contributed by atoms with van der Waals surface area (Å²) in [4.78, 5) is 32.4. The van der Waals surface area contributed by atoms with Crippen molar-refractivity contribution in [2.75, 3.05) is 25.0 Å². The minimum absolute atomic E-state index is 0.324. The highest BCUT2D eigenvalue weighted by Gasteiger charge is 2.36. The summed E-state index contributed by atoms with van der Waals surface area (Å²) < 4.78 is 0. The van der Waals surface area contributed by atoms with E-state index in [-0.39, 0.29) is 0 Å². The second-order valence-electron chi connectivity index (χ2n) is 6.73. The lowest BCUT2D eigenvalue weighted by Crippen LogP contribution is -2.35. The number of nitrogens with zero attached hydrogens (tertiary/aromatic N) is 5. The van der Waals surface area contributed by atoms with Crippen LogP contribution in [0.3, 0.4) is 0 Å². The molecule has 1 saturated carbocycles. The van der Waals surface area contributed by atoms with E-state index in [1.807, 2.05) is 7.05 Å². The average molecular weight is 314 g/mol. The lowest BCUT2D eigenvalue weighted by Gasteiger charge is -2.25. The van der Waals surface area contributed by atoms with Crippen molar-refractivity contribution in [1.82, 2.24) is 24.8 Å². The number of hydrogen-bond donors (Lipinski definition) is 1. The summed E-state index contributed by atoms with van der Waals surface area (Å²) >= 11 is 0. The number of aromatic amines is 1. The summed E-state index contributed by atoms with van der Waals surface area (Å²) in [6, 6.07) is 0.483. The highest BCUT2D eigenvalue weighted by atomic mass is 16.2. The lowest BCUT2D eigenvalue weighted by molar-refractivity contribution is -0.129. The molecule has 1 aliphatic heterocycles. The zero-order valence-electron chi connectivity index (χ0n) is 13.4. The lowest BCUT2D eigenvalue weighted by atomic mass is 10.1. The van der Waals surface area contributed by atoms with Crippen LogP contribution in [0.5, 0.6) is 0 Å². The molecule has 1 N–H and O–H groups in total. The highest BCUT2D eigenvalue weighted by Crippen LogP contribution is 2.30. The van der Waals surface area contributed by atoms with E-state index in [1.165, 1.54) is 25.7 Å². The van der Waals surface area contributed by atoms with E-state index in [1.54, 1.807) is 12.7 Å². The largest absolute Gasteiger partial charge is 0.357 e. The molecule has 0 spiro atoms. The molecule has 1 amide bonds. The first-order chi connectivity index (χ1) is 11.2. The molecule has 0 unspecified atom stereocenters. The van der Waals surface area contributed by atoms with Gasteiger partial charge in [0, 0.05) is 38.5 Å². The summed E-state index contributed by atoms with van der Waals surface area (Å²) in [7, 11) is 2.02. The summed E-state index contributed by atoms with van der Waals surface area (Å²) in [6.45, 7) is 1.70. The first kappa shape index (κ1) is 14.4. The van der Waals surface area contributed by atoms with Crippen LogP contribution in [0.2, 0.25) is 0 Å². The Balaban J connectivity index is 1.46. The van der Waals surface area contributed by atoms with E-state index < -0.39 is 0 Å². The standard InChI is InChI=1S/C16H22N6O/c1-21(16-14-15(18-9-17-14)19-10-20-16)7-11-6-13(23)22(8-11)12-4-2-3-5-12/h9-12H,2-8H2,1H3,(H,17,18,19,20)/t11-/m1/s1. The fourth-order valence-corrected chi connectivity index (χ4v) is 4.02. The van der Waals surface area contributed by atoms with Crippen LogP contribution in [0.1, 0.15) is 32.1 Å². The molecule has 122 valence electrons. The Hall–Kier alpha value is -2.18. The Morgan fingerprint density at radius 2 is 2.13 bits per heavy atom. The molecule has 23 heavy (non-hydrogen) atoms. The van der Waals surface area contributed by atoms with Crippen LogP contribution in [-0.2, 0) is 4.79 Å². The number of carbonyl (C=O) groups excluding carboxylic acids is 1. The summed E-state index contributed by atoms with van der Waals surface area (Å²) in [5.74, 6) is 1.53. The Bertz CT molecular complexity index is 707. The zero-order chi connectivity index (χ0) is 15.8. The SMILES string of the molecule is CN(C[C@H]1CC(=O)N(C2CCCC2)C1)c1ncnc2nc[nH]c12. The fraction of sp³-hybridized carbons (Fsp3) is 0.625. The van der Waals surface area contributed by atoms with Gasteiger partial charge >= 0.3 is 0 Å². The van der Waals surface area contributed by atoms with Crippen molar-refractivity contribution in [3.63, 3.8) is 0 Å². The molecular formula is C16H22N6O. The molecule has 0 aromatic carbocycles. The highest BCUT2D eigenvalue weighted by molar-refractivity contribution is 5.83. The van der Waals surface area contributed by atoms with Gasteiger partial charge in [0.05, 0.1) is 6.33 Å². The van der Waals surface area contributed by atoms with Crippen LogP contribution >= 0.6 is 0 Å². The van der Waals surface area contributed by atoms with Gasteiger partial charge in [-0.05, 0) is 12.8 Å². The number of hydrogen-bond acceptors (Lipinski definition) is 5. The maximum Gasteiger partial charge on any atom is 0.223 e. The van der Waals surface area contributed by atoms with E-state index in [4.69, 9.17) is 0 Å². The number of H-pyrrole nitrogens is 1. The topological polar surface area (TPSA) is 78.0 Å². The van der Waals surface area contributed by atoms with Crippen molar-refractivity contribution < 1.29 is 4.79 Å². The predicted octanol–water partition coefficient (Wildman–Crippen LogP) is 1.58. The summed E-state index contributed by atoms with van der Waals surface area (Å²) in [5, 5.41) is 0. The van der Waals surface area contributed by atoms with Gasteiger partial charge in [0.25, 0.3) is 0 Å². The molecule has 1 saturated heterocycles. The molecule has 2 aromatic rings. The van der Waals surface area contributed by atoms with Crippen molar-refractivity contribution in [2.45, 2.75) is 38.1 Å². The molecule has 0 bridgehead atoms. The normalized spacial score (nSPS) is 22.4.